The molecule has 0 aromatic heterocycles. The predicted molar refractivity (Wildman–Crippen MR) is 69.5 cm³/mol. The molecule has 1 aromatic carbocycles. The number of hydrazone groups is 1. The van der Waals surface area contributed by atoms with Crippen LogP contribution in [0.4, 0.5) is 0 Å². The van der Waals surface area contributed by atoms with Crippen LogP contribution in [-0.4, -0.2) is 12.3 Å². The Morgan fingerprint density at radius 2 is 2.00 bits per heavy atom. The molecule has 0 unspecified atom stereocenters. The average Bonchev–Trinajstić information content (AvgIpc) is 2.22. The Hall–Kier alpha value is -1.57. The standard InChI is InChI=1S/C14H18N2/c1-10(2)14-13-7-5-4-6-12(13)8-11(3)9-15-16-14/h4-8,10,15H,9H2,1-3H3. The molecule has 1 aromatic rings. The normalized spacial score (nSPS) is 15.5. The Morgan fingerprint density at radius 1 is 1.25 bits per heavy atom. The van der Waals surface area contributed by atoms with Crippen molar-refractivity contribution in [2.45, 2.75) is 20.8 Å². The summed E-state index contributed by atoms with van der Waals surface area (Å²) in [6.07, 6.45) is 2.24. The van der Waals surface area contributed by atoms with Gasteiger partial charge in [0.2, 0.25) is 0 Å². The highest BCUT2D eigenvalue weighted by atomic mass is 15.3. The van der Waals surface area contributed by atoms with Crippen molar-refractivity contribution in [3.05, 3.63) is 41.0 Å². The molecule has 0 amide bonds. The van der Waals surface area contributed by atoms with Gasteiger partial charge in [-0.3, -0.25) is 0 Å². The van der Waals surface area contributed by atoms with E-state index in [4.69, 9.17) is 0 Å². The Bertz CT molecular complexity index is 442. The van der Waals surface area contributed by atoms with Gasteiger partial charge in [-0.05, 0) is 18.4 Å². The van der Waals surface area contributed by atoms with Crippen molar-refractivity contribution in [2.75, 3.05) is 6.54 Å². The lowest BCUT2D eigenvalue weighted by molar-refractivity contribution is 0.770. The summed E-state index contributed by atoms with van der Waals surface area (Å²) in [4.78, 5) is 0. The smallest absolute Gasteiger partial charge is 0.0706 e. The van der Waals surface area contributed by atoms with E-state index in [0.717, 1.165) is 12.3 Å². The van der Waals surface area contributed by atoms with Crippen LogP contribution in [0.5, 0.6) is 0 Å². The third kappa shape index (κ3) is 2.16. The molecule has 1 aliphatic rings. The van der Waals surface area contributed by atoms with E-state index in [0.29, 0.717) is 5.92 Å². The van der Waals surface area contributed by atoms with Crippen LogP contribution in [0.3, 0.4) is 0 Å². The van der Waals surface area contributed by atoms with Gasteiger partial charge in [0.25, 0.3) is 0 Å². The lowest BCUT2D eigenvalue weighted by Crippen LogP contribution is -2.20. The molecule has 0 saturated heterocycles. The Labute approximate surface area is 97.1 Å². The highest BCUT2D eigenvalue weighted by molar-refractivity contribution is 6.04. The van der Waals surface area contributed by atoms with Gasteiger partial charge in [0.15, 0.2) is 0 Å². The minimum atomic E-state index is 0.431. The summed E-state index contributed by atoms with van der Waals surface area (Å²) in [7, 11) is 0. The zero-order valence-corrected chi connectivity index (χ0v) is 10.1. The van der Waals surface area contributed by atoms with Crippen molar-refractivity contribution in [1.82, 2.24) is 5.43 Å². The number of hydrogen-bond donors (Lipinski definition) is 1. The van der Waals surface area contributed by atoms with Crippen LogP contribution >= 0.6 is 0 Å². The number of nitrogens with one attached hydrogen (secondary N) is 1. The topological polar surface area (TPSA) is 24.4 Å². The van der Waals surface area contributed by atoms with Crippen molar-refractivity contribution in [2.24, 2.45) is 11.0 Å². The van der Waals surface area contributed by atoms with Crippen LogP contribution in [0.15, 0.2) is 34.9 Å². The maximum atomic E-state index is 4.50. The largest absolute Gasteiger partial charge is 0.306 e. The first kappa shape index (κ1) is 10.9. The van der Waals surface area contributed by atoms with Gasteiger partial charge in [-0.2, -0.15) is 5.10 Å². The quantitative estimate of drug-likeness (QED) is 0.763. The predicted octanol–water partition coefficient (Wildman–Crippen LogP) is 3.05. The lowest BCUT2D eigenvalue weighted by Gasteiger charge is -2.17. The maximum absolute atomic E-state index is 4.50. The van der Waals surface area contributed by atoms with Gasteiger partial charge >= 0.3 is 0 Å². The average molecular weight is 214 g/mol. The number of benzene rings is 1. The lowest BCUT2D eigenvalue weighted by atomic mass is 9.94. The number of rotatable bonds is 1. The summed E-state index contributed by atoms with van der Waals surface area (Å²) < 4.78 is 0. The number of hydrogen-bond acceptors (Lipinski definition) is 2. The van der Waals surface area contributed by atoms with Gasteiger partial charge in [-0.25, -0.2) is 0 Å². The van der Waals surface area contributed by atoms with E-state index in [2.05, 4.69) is 61.6 Å². The molecule has 1 heterocycles. The van der Waals surface area contributed by atoms with E-state index in [1.54, 1.807) is 0 Å². The van der Waals surface area contributed by atoms with Gasteiger partial charge in [0, 0.05) is 5.56 Å². The van der Waals surface area contributed by atoms with Crippen LogP contribution in [-0.2, 0) is 0 Å². The van der Waals surface area contributed by atoms with E-state index in [1.807, 2.05) is 0 Å². The van der Waals surface area contributed by atoms with Crippen LogP contribution in [0, 0.1) is 5.92 Å². The molecule has 16 heavy (non-hydrogen) atoms. The third-order valence-electron chi connectivity index (χ3n) is 2.74. The molecule has 0 spiro atoms. The second kappa shape index (κ2) is 4.52. The van der Waals surface area contributed by atoms with Gasteiger partial charge in [0.05, 0.1) is 12.3 Å². The molecule has 2 nitrogen and oxygen atoms in total. The second-order valence-electron chi connectivity index (χ2n) is 4.56. The Kier molecular flexibility index (Phi) is 3.09. The van der Waals surface area contributed by atoms with E-state index in [-0.39, 0.29) is 0 Å². The first-order valence-corrected chi connectivity index (χ1v) is 5.75. The summed E-state index contributed by atoms with van der Waals surface area (Å²) in [5.41, 5.74) is 8.08. The zero-order valence-electron chi connectivity index (χ0n) is 10.1. The summed E-state index contributed by atoms with van der Waals surface area (Å²) >= 11 is 0. The molecule has 1 aliphatic heterocycles. The van der Waals surface area contributed by atoms with Crippen LogP contribution in [0.2, 0.25) is 0 Å². The molecule has 0 aliphatic carbocycles. The summed E-state index contributed by atoms with van der Waals surface area (Å²) in [6, 6.07) is 8.45. The van der Waals surface area contributed by atoms with E-state index < -0.39 is 0 Å². The highest BCUT2D eigenvalue weighted by Gasteiger charge is 2.13. The molecule has 2 rings (SSSR count). The van der Waals surface area contributed by atoms with Crippen LogP contribution in [0.25, 0.3) is 6.08 Å². The van der Waals surface area contributed by atoms with Crippen molar-refractivity contribution in [3.63, 3.8) is 0 Å². The Balaban J connectivity index is 2.56. The van der Waals surface area contributed by atoms with E-state index >= 15 is 0 Å². The van der Waals surface area contributed by atoms with Crippen molar-refractivity contribution >= 4 is 11.8 Å². The summed E-state index contributed by atoms with van der Waals surface area (Å²) in [6.45, 7) is 7.30. The van der Waals surface area contributed by atoms with Gasteiger partial charge < -0.3 is 5.43 Å². The summed E-state index contributed by atoms with van der Waals surface area (Å²) in [5.74, 6) is 0.431. The molecular weight excluding hydrogens is 196 g/mol. The molecule has 2 heteroatoms. The second-order valence-corrected chi connectivity index (χ2v) is 4.56. The number of nitrogens with zero attached hydrogens (tertiary/aromatic N) is 1. The zero-order chi connectivity index (χ0) is 11.5. The molecular formula is C14H18N2. The highest BCUT2D eigenvalue weighted by Crippen LogP contribution is 2.19. The van der Waals surface area contributed by atoms with E-state index in [9.17, 15) is 0 Å². The SMILES string of the molecule is CC1=Cc2ccccc2C(C(C)C)=NNC1. The van der Waals surface area contributed by atoms with Gasteiger partial charge in [0.1, 0.15) is 0 Å². The number of fused-ring (bicyclic) bond motifs is 1. The molecule has 0 saturated carbocycles. The monoisotopic (exact) mass is 214 g/mol. The van der Waals surface area contributed by atoms with Crippen molar-refractivity contribution in [1.29, 1.82) is 0 Å². The van der Waals surface area contributed by atoms with Crippen LogP contribution in [0.1, 0.15) is 31.9 Å². The third-order valence-corrected chi connectivity index (χ3v) is 2.74. The van der Waals surface area contributed by atoms with Crippen molar-refractivity contribution < 1.29 is 0 Å². The van der Waals surface area contributed by atoms with Gasteiger partial charge in [-0.1, -0.05) is 49.8 Å². The molecule has 84 valence electrons. The minimum Gasteiger partial charge on any atom is -0.306 e. The fourth-order valence-corrected chi connectivity index (χ4v) is 1.92. The molecule has 0 radical (unpaired) electrons. The minimum absolute atomic E-state index is 0.431. The van der Waals surface area contributed by atoms with Crippen molar-refractivity contribution in [3.8, 4) is 0 Å². The molecule has 0 bridgehead atoms. The first-order chi connectivity index (χ1) is 7.68. The van der Waals surface area contributed by atoms with Crippen LogP contribution < -0.4 is 5.43 Å². The molecule has 0 fully saturated rings. The first-order valence-electron chi connectivity index (χ1n) is 5.75. The molecule has 1 N–H and O–H groups in total. The van der Waals surface area contributed by atoms with Gasteiger partial charge in [-0.15, -0.1) is 0 Å². The Morgan fingerprint density at radius 3 is 2.75 bits per heavy atom. The maximum Gasteiger partial charge on any atom is 0.0706 e. The summed E-state index contributed by atoms with van der Waals surface area (Å²) in [5, 5.41) is 4.50. The fourth-order valence-electron chi connectivity index (χ4n) is 1.92. The molecule has 0 atom stereocenters. The van der Waals surface area contributed by atoms with E-state index in [1.165, 1.54) is 16.7 Å². The fraction of sp³-hybridized carbons (Fsp3) is 0.357.